The van der Waals surface area contributed by atoms with Gasteiger partial charge in [-0.25, -0.2) is 4.68 Å². The van der Waals surface area contributed by atoms with Crippen molar-refractivity contribution in [3.05, 3.63) is 40.5 Å². The number of fused-ring (bicyclic) bond motifs is 1. The van der Waals surface area contributed by atoms with E-state index in [2.05, 4.69) is 5.32 Å². The fraction of sp³-hybridized carbons (Fsp3) is 0.500. The third-order valence-corrected chi connectivity index (χ3v) is 6.61. The van der Waals surface area contributed by atoms with Crippen LogP contribution < -0.4 is 5.32 Å². The smallest absolute Gasteiger partial charge is 0.225 e. The Bertz CT molecular complexity index is 781. The number of halogens is 1. The lowest BCUT2D eigenvalue weighted by molar-refractivity contribution is -0.116. The molecule has 0 atom stereocenters. The topological polar surface area (TPSA) is 46.9 Å². The highest BCUT2D eigenvalue weighted by Gasteiger charge is 2.25. The van der Waals surface area contributed by atoms with Crippen LogP contribution in [0.4, 0.5) is 5.82 Å². The van der Waals surface area contributed by atoms with Gasteiger partial charge in [0.15, 0.2) is 0 Å². The van der Waals surface area contributed by atoms with Crippen LogP contribution in [0.5, 0.6) is 0 Å². The molecule has 1 aromatic heterocycles. The summed E-state index contributed by atoms with van der Waals surface area (Å²) in [6, 6.07) is 7.59. The number of amides is 1. The van der Waals surface area contributed by atoms with Gasteiger partial charge in [-0.15, -0.1) is 0 Å². The maximum absolute atomic E-state index is 12.6. The summed E-state index contributed by atoms with van der Waals surface area (Å²) in [5.74, 6) is 3.46. The van der Waals surface area contributed by atoms with Crippen molar-refractivity contribution in [2.45, 2.75) is 56.5 Å². The van der Waals surface area contributed by atoms with Crippen molar-refractivity contribution in [2.75, 3.05) is 5.32 Å². The van der Waals surface area contributed by atoms with Crippen LogP contribution in [0.25, 0.3) is 5.69 Å². The maximum atomic E-state index is 12.6. The molecule has 1 fully saturated rings. The molecule has 138 valence electrons. The summed E-state index contributed by atoms with van der Waals surface area (Å²) in [4.78, 5) is 12.6. The third-order valence-electron chi connectivity index (χ3n) is 5.39. The summed E-state index contributed by atoms with van der Waals surface area (Å²) in [5.41, 5.74) is 3.17. The highest BCUT2D eigenvalue weighted by molar-refractivity contribution is 7.98. The summed E-state index contributed by atoms with van der Waals surface area (Å²) in [7, 11) is 0. The monoisotopic (exact) mass is 389 g/mol. The van der Waals surface area contributed by atoms with Gasteiger partial charge in [-0.2, -0.15) is 16.9 Å². The molecule has 26 heavy (non-hydrogen) atoms. The van der Waals surface area contributed by atoms with E-state index in [1.165, 1.54) is 32.1 Å². The Morgan fingerprint density at radius 1 is 1.19 bits per heavy atom. The standard InChI is InChI=1S/C20H24ClN3OS/c21-15-7-9-16(10-8-15)24-20(17-12-26-13-18(17)23-24)22-19(25)11-6-14-4-2-1-3-5-14/h7-10,14H,1-6,11-13H2,(H,22,25). The zero-order valence-electron chi connectivity index (χ0n) is 14.8. The normalized spacial score (nSPS) is 17.3. The van der Waals surface area contributed by atoms with Gasteiger partial charge < -0.3 is 5.32 Å². The van der Waals surface area contributed by atoms with Crippen LogP contribution in [-0.2, 0) is 16.3 Å². The molecule has 2 aliphatic rings. The lowest BCUT2D eigenvalue weighted by Crippen LogP contribution is -2.17. The summed E-state index contributed by atoms with van der Waals surface area (Å²) in [6.45, 7) is 0. The first-order chi connectivity index (χ1) is 12.7. The molecule has 1 aromatic carbocycles. The van der Waals surface area contributed by atoms with Crippen LogP contribution >= 0.6 is 23.4 Å². The molecule has 4 nitrogen and oxygen atoms in total. The van der Waals surface area contributed by atoms with E-state index in [-0.39, 0.29) is 5.91 Å². The molecule has 0 bridgehead atoms. The second-order valence-corrected chi connectivity index (χ2v) is 8.67. The Balaban J connectivity index is 1.49. The SMILES string of the molecule is O=C(CCC1CCCCC1)Nc1c2c(nn1-c1ccc(Cl)cc1)CSC2. The molecule has 0 radical (unpaired) electrons. The number of benzene rings is 1. The number of carbonyl (C=O) groups excluding carboxylic acids is 1. The van der Waals surface area contributed by atoms with Gasteiger partial charge in [0.1, 0.15) is 5.82 Å². The van der Waals surface area contributed by atoms with Gasteiger partial charge in [-0.3, -0.25) is 4.79 Å². The van der Waals surface area contributed by atoms with Gasteiger partial charge in [0, 0.05) is 28.5 Å². The number of carbonyl (C=O) groups is 1. The zero-order valence-corrected chi connectivity index (χ0v) is 16.4. The molecule has 0 saturated heterocycles. The Hall–Kier alpha value is -1.46. The number of rotatable bonds is 5. The van der Waals surface area contributed by atoms with Crippen molar-refractivity contribution >= 4 is 35.1 Å². The predicted octanol–water partition coefficient (Wildman–Crippen LogP) is 5.57. The van der Waals surface area contributed by atoms with Crippen molar-refractivity contribution in [1.29, 1.82) is 0 Å². The summed E-state index contributed by atoms with van der Waals surface area (Å²) in [5, 5.41) is 8.59. The predicted molar refractivity (Wildman–Crippen MR) is 108 cm³/mol. The molecule has 0 spiro atoms. The fourth-order valence-electron chi connectivity index (χ4n) is 3.92. The number of hydrogen-bond acceptors (Lipinski definition) is 3. The van der Waals surface area contributed by atoms with E-state index >= 15 is 0 Å². The van der Waals surface area contributed by atoms with E-state index in [0.29, 0.717) is 11.4 Å². The minimum absolute atomic E-state index is 0.102. The molecule has 1 N–H and O–H groups in total. The summed E-state index contributed by atoms with van der Waals surface area (Å²) >= 11 is 7.86. The average molecular weight is 390 g/mol. The molecule has 0 unspecified atom stereocenters. The number of nitrogens with zero attached hydrogens (tertiary/aromatic N) is 2. The lowest BCUT2D eigenvalue weighted by Gasteiger charge is -2.21. The summed E-state index contributed by atoms with van der Waals surface area (Å²) in [6.07, 6.45) is 8.15. The Kier molecular flexibility index (Phi) is 5.55. The second-order valence-electron chi connectivity index (χ2n) is 7.25. The molecule has 1 aliphatic heterocycles. The molecule has 2 aromatic rings. The van der Waals surface area contributed by atoms with Crippen LogP contribution in [0.15, 0.2) is 24.3 Å². The van der Waals surface area contributed by atoms with Crippen LogP contribution in [0.2, 0.25) is 5.02 Å². The first-order valence-corrected chi connectivity index (χ1v) is 11.0. The average Bonchev–Trinajstić information content (AvgIpc) is 3.24. The van der Waals surface area contributed by atoms with Crippen molar-refractivity contribution in [2.24, 2.45) is 5.92 Å². The molecule has 4 rings (SSSR count). The number of hydrogen-bond donors (Lipinski definition) is 1. The van der Waals surface area contributed by atoms with E-state index in [9.17, 15) is 4.79 Å². The Morgan fingerprint density at radius 2 is 1.96 bits per heavy atom. The van der Waals surface area contributed by atoms with Gasteiger partial charge in [0.25, 0.3) is 0 Å². The largest absolute Gasteiger partial charge is 0.310 e. The minimum Gasteiger partial charge on any atom is -0.310 e. The zero-order chi connectivity index (χ0) is 17.9. The van der Waals surface area contributed by atoms with Crippen LogP contribution in [0.3, 0.4) is 0 Å². The first kappa shape index (κ1) is 17.9. The van der Waals surface area contributed by atoms with Gasteiger partial charge in [-0.1, -0.05) is 43.7 Å². The first-order valence-electron chi connectivity index (χ1n) is 9.45. The van der Waals surface area contributed by atoms with Crippen molar-refractivity contribution in [3.8, 4) is 5.69 Å². The van der Waals surface area contributed by atoms with E-state index < -0.39 is 0 Å². The van der Waals surface area contributed by atoms with Gasteiger partial charge in [0.2, 0.25) is 5.91 Å². The quantitative estimate of drug-likeness (QED) is 0.726. The van der Waals surface area contributed by atoms with Crippen molar-refractivity contribution in [3.63, 3.8) is 0 Å². The molecule has 1 saturated carbocycles. The van der Waals surface area contributed by atoms with Gasteiger partial charge in [0.05, 0.1) is 11.4 Å². The van der Waals surface area contributed by atoms with E-state index in [4.69, 9.17) is 16.7 Å². The third kappa shape index (κ3) is 3.94. The maximum Gasteiger partial charge on any atom is 0.225 e. The Morgan fingerprint density at radius 3 is 2.73 bits per heavy atom. The van der Waals surface area contributed by atoms with Crippen LogP contribution in [0, 0.1) is 5.92 Å². The van der Waals surface area contributed by atoms with Gasteiger partial charge in [-0.05, 0) is 36.6 Å². The number of nitrogens with one attached hydrogen (secondary N) is 1. The van der Waals surface area contributed by atoms with E-state index in [0.717, 1.165) is 46.6 Å². The molecule has 6 heteroatoms. The van der Waals surface area contributed by atoms with E-state index in [1.807, 2.05) is 40.7 Å². The van der Waals surface area contributed by atoms with E-state index in [1.54, 1.807) is 0 Å². The molecule has 1 aliphatic carbocycles. The Labute approximate surface area is 163 Å². The highest BCUT2D eigenvalue weighted by atomic mass is 35.5. The number of aromatic nitrogens is 2. The van der Waals surface area contributed by atoms with Crippen LogP contribution in [0.1, 0.15) is 56.2 Å². The van der Waals surface area contributed by atoms with Crippen molar-refractivity contribution in [1.82, 2.24) is 9.78 Å². The second kappa shape index (κ2) is 8.05. The molecular weight excluding hydrogens is 366 g/mol. The number of anilines is 1. The number of thioether (sulfide) groups is 1. The minimum atomic E-state index is 0.102. The van der Waals surface area contributed by atoms with Crippen molar-refractivity contribution < 1.29 is 4.79 Å². The van der Waals surface area contributed by atoms with Gasteiger partial charge >= 0.3 is 0 Å². The van der Waals surface area contributed by atoms with Crippen LogP contribution in [-0.4, -0.2) is 15.7 Å². The molecular formula is C20H24ClN3OS. The lowest BCUT2D eigenvalue weighted by atomic mass is 9.86. The fourth-order valence-corrected chi connectivity index (χ4v) is 5.08. The highest BCUT2D eigenvalue weighted by Crippen LogP contribution is 2.36. The molecule has 2 heterocycles. The molecule has 1 amide bonds. The summed E-state index contributed by atoms with van der Waals surface area (Å²) < 4.78 is 1.86.